The van der Waals surface area contributed by atoms with E-state index in [9.17, 15) is 9.18 Å². The minimum Gasteiger partial charge on any atom is -0.349 e. The van der Waals surface area contributed by atoms with Crippen LogP contribution in [0, 0.1) is 5.82 Å². The van der Waals surface area contributed by atoms with Crippen molar-refractivity contribution in [2.45, 2.75) is 13.3 Å². The van der Waals surface area contributed by atoms with Crippen LogP contribution in [0.1, 0.15) is 24.0 Å². The monoisotopic (exact) mass is 324 g/mol. The summed E-state index contributed by atoms with van der Waals surface area (Å²) >= 11 is 0. The summed E-state index contributed by atoms with van der Waals surface area (Å²) in [5.41, 5.74) is 1.46. The van der Waals surface area contributed by atoms with Crippen LogP contribution in [0.15, 0.2) is 54.6 Å². The number of nitrogens with one attached hydrogen (secondary N) is 1. The molecule has 0 unspecified atom stereocenters. The van der Waals surface area contributed by atoms with Gasteiger partial charge in [0.25, 0.3) is 5.91 Å². The highest BCUT2D eigenvalue weighted by Crippen LogP contribution is 2.21. The Labute approximate surface area is 139 Å². The largest absolute Gasteiger partial charge is 0.349 e. The van der Waals surface area contributed by atoms with E-state index in [1.54, 1.807) is 16.8 Å². The number of para-hydroxylation sites is 1. The molecule has 3 rings (SSSR count). The van der Waals surface area contributed by atoms with Crippen molar-refractivity contribution in [3.05, 3.63) is 66.2 Å². The topological polar surface area (TPSA) is 59.8 Å². The Hall–Kier alpha value is -3.02. The molecule has 1 aromatic heterocycles. The van der Waals surface area contributed by atoms with Crippen molar-refractivity contribution in [2.75, 3.05) is 6.54 Å². The van der Waals surface area contributed by atoms with Gasteiger partial charge in [0.05, 0.1) is 5.69 Å². The van der Waals surface area contributed by atoms with Crippen molar-refractivity contribution in [3.8, 4) is 17.1 Å². The number of hydrogen-bond acceptors (Lipinski definition) is 3. The number of amides is 1. The molecule has 0 atom stereocenters. The second-order valence-electron chi connectivity index (χ2n) is 5.27. The van der Waals surface area contributed by atoms with Crippen LogP contribution >= 0.6 is 0 Å². The van der Waals surface area contributed by atoms with Gasteiger partial charge in [0.2, 0.25) is 5.82 Å². The maximum Gasteiger partial charge on any atom is 0.290 e. The van der Waals surface area contributed by atoms with Crippen molar-refractivity contribution >= 4 is 5.91 Å². The smallest absolute Gasteiger partial charge is 0.290 e. The van der Waals surface area contributed by atoms with Crippen molar-refractivity contribution in [1.29, 1.82) is 0 Å². The summed E-state index contributed by atoms with van der Waals surface area (Å²) < 4.78 is 14.8. The zero-order chi connectivity index (χ0) is 16.9. The number of nitrogens with zero attached hydrogens (tertiary/aromatic N) is 3. The summed E-state index contributed by atoms with van der Waals surface area (Å²) in [6, 6.07) is 15.3. The molecule has 0 aliphatic carbocycles. The Morgan fingerprint density at radius 3 is 2.50 bits per heavy atom. The van der Waals surface area contributed by atoms with Crippen LogP contribution in [0.5, 0.6) is 0 Å². The molecule has 3 aromatic rings. The first-order valence-corrected chi connectivity index (χ1v) is 7.75. The molecule has 24 heavy (non-hydrogen) atoms. The fourth-order valence-electron chi connectivity index (χ4n) is 2.26. The van der Waals surface area contributed by atoms with Crippen molar-refractivity contribution in [2.24, 2.45) is 0 Å². The molecule has 2 aromatic carbocycles. The standard InChI is InChI=1S/C18H17FN4O/c1-2-12-20-18(24)16-21-17(13-8-10-14(19)11-9-13)23(22-16)15-6-4-3-5-7-15/h3-11H,2,12H2,1H3,(H,20,24). The lowest BCUT2D eigenvalue weighted by molar-refractivity contribution is 0.0943. The van der Waals surface area contributed by atoms with Gasteiger partial charge in [0.15, 0.2) is 5.82 Å². The van der Waals surface area contributed by atoms with Gasteiger partial charge in [0.1, 0.15) is 5.82 Å². The third-order valence-corrected chi connectivity index (χ3v) is 3.45. The maximum absolute atomic E-state index is 13.2. The lowest BCUT2D eigenvalue weighted by Crippen LogP contribution is -2.25. The molecule has 0 saturated heterocycles. The summed E-state index contributed by atoms with van der Waals surface area (Å²) in [5, 5.41) is 7.10. The zero-order valence-electron chi connectivity index (χ0n) is 13.2. The van der Waals surface area contributed by atoms with Crippen LogP contribution in [-0.2, 0) is 0 Å². The van der Waals surface area contributed by atoms with Crippen LogP contribution in [0.2, 0.25) is 0 Å². The van der Waals surface area contributed by atoms with Gasteiger partial charge < -0.3 is 5.32 Å². The van der Waals surface area contributed by atoms with E-state index in [1.807, 2.05) is 37.3 Å². The lowest BCUT2D eigenvalue weighted by Gasteiger charge is -2.05. The van der Waals surface area contributed by atoms with Crippen LogP contribution in [0.3, 0.4) is 0 Å². The fourth-order valence-corrected chi connectivity index (χ4v) is 2.26. The quantitative estimate of drug-likeness (QED) is 0.784. The molecule has 1 amide bonds. The molecule has 1 heterocycles. The van der Waals surface area contributed by atoms with Gasteiger partial charge >= 0.3 is 0 Å². The maximum atomic E-state index is 13.2. The fraction of sp³-hybridized carbons (Fsp3) is 0.167. The second kappa shape index (κ2) is 7.04. The van der Waals surface area contributed by atoms with Crippen molar-refractivity contribution < 1.29 is 9.18 Å². The Kier molecular flexibility index (Phi) is 4.65. The van der Waals surface area contributed by atoms with E-state index in [2.05, 4.69) is 15.4 Å². The number of carbonyl (C=O) groups is 1. The molecule has 0 spiro atoms. The minimum atomic E-state index is -0.328. The molecule has 6 heteroatoms. The summed E-state index contributed by atoms with van der Waals surface area (Å²) in [6.07, 6.45) is 0.829. The predicted molar refractivity (Wildman–Crippen MR) is 89.4 cm³/mol. The van der Waals surface area contributed by atoms with E-state index >= 15 is 0 Å². The third-order valence-electron chi connectivity index (χ3n) is 3.45. The second-order valence-corrected chi connectivity index (χ2v) is 5.27. The molecule has 5 nitrogen and oxygen atoms in total. The van der Waals surface area contributed by atoms with Gasteiger partial charge in [-0.15, -0.1) is 5.10 Å². The molecule has 0 saturated carbocycles. The van der Waals surface area contributed by atoms with E-state index in [4.69, 9.17) is 0 Å². The molecule has 122 valence electrons. The van der Waals surface area contributed by atoms with Gasteiger partial charge in [-0.25, -0.2) is 14.1 Å². The summed E-state index contributed by atoms with van der Waals surface area (Å²) in [6.45, 7) is 2.53. The molecule has 0 bridgehead atoms. The highest BCUT2D eigenvalue weighted by molar-refractivity contribution is 5.91. The van der Waals surface area contributed by atoms with Gasteiger partial charge in [-0.3, -0.25) is 4.79 Å². The van der Waals surface area contributed by atoms with E-state index in [0.29, 0.717) is 17.9 Å². The zero-order valence-corrected chi connectivity index (χ0v) is 13.2. The first-order valence-electron chi connectivity index (χ1n) is 7.75. The Bertz CT molecular complexity index is 828. The number of halogens is 1. The number of benzene rings is 2. The van der Waals surface area contributed by atoms with Gasteiger partial charge in [-0.05, 0) is 42.8 Å². The summed E-state index contributed by atoms with van der Waals surface area (Å²) in [4.78, 5) is 16.5. The normalized spacial score (nSPS) is 10.6. The summed E-state index contributed by atoms with van der Waals surface area (Å²) in [5.74, 6) is -0.0743. The van der Waals surface area contributed by atoms with E-state index in [-0.39, 0.29) is 17.5 Å². The van der Waals surface area contributed by atoms with Crippen LogP contribution in [0.25, 0.3) is 17.1 Å². The minimum absolute atomic E-state index is 0.0895. The van der Waals surface area contributed by atoms with E-state index in [1.165, 1.54) is 12.1 Å². The highest BCUT2D eigenvalue weighted by Gasteiger charge is 2.18. The van der Waals surface area contributed by atoms with Crippen LogP contribution in [0.4, 0.5) is 4.39 Å². The number of aromatic nitrogens is 3. The van der Waals surface area contributed by atoms with Crippen LogP contribution < -0.4 is 5.32 Å². The molecule has 1 N–H and O–H groups in total. The van der Waals surface area contributed by atoms with Gasteiger partial charge in [-0.2, -0.15) is 0 Å². The van der Waals surface area contributed by atoms with Gasteiger partial charge in [0, 0.05) is 12.1 Å². The number of rotatable bonds is 5. The molecule has 0 fully saturated rings. The average Bonchev–Trinajstić information content (AvgIpc) is 3.06. The highest BCUT2D eigenvalue weighted by atomic mass is 19.1. The SMILES string of the molecule is CCCNC(=O)c1nc(-c2ccc(F)cc2)n(-c2ccccc2)n1. The Morgan fingerprint density at radius 2 is 1.83 bits per heavy atom. The van der Waals surface area contributed by atoms with Crippen molar-refractivity contribution in [3.63, 3.8) is 0 Å². The molecule has 0 radical (unpaired) electrons. The van der Waals surface area contributed by atoms with E-state index < -0.39 is 0 Å². The lowest BCUT2D eigenvalue weighted by atomic mass is 10.2. The average molecular weight is 324 g/mol. The number of hydrogen-bond donors (Lipinski definition) is 1. The molecule has 0 aliphatic rings. The molecular weight excluding hydrogens is 307 g/mol. The first kappa shape index (κ1) is 15.9. The van der Waals surface area contributed by atoms with Crippen molar-refractivity contribution in [1.82, 2.24) is 20.1 Å². The number of carbonyl (C=O) groups excluding carboxylic acids is 1. The summed E-state index contributed by atoms with van der Waals surface area (Å²) in [7, 11) is 0. The first-order chi connectivity index (χ1) is 11.7. The Balaban J connectivity index is 2.06. The van der Waals surface area contributed by atoms with E-state index in [0.717, 1.165) is 12.1 Å². The molecule has 0 aliphatic heterocycles. The Morgan fingerprint density at radius 1 is 1.12 bits per heavy atom. The third kappa shape index (κ3) is 3.32. The predicted octanol–water partition coefficient (Wildman–Crippen LogP) is 3.21. The van der Waals surface area contributed by atoms with Crippen LogP contribution in [-0.4, -0.2) is 27.2 Å². The van der Waals surface area contributed by atoms with Gasteiger partial charge in [-0.1, -0.05) is 25.1 Å². The molecular formula is C18H17FN4O.